The van der Waals surface area contributed by atoms with Gasteiger partial charge in [-0.3, -0.25) is 0 Å². The lowest BCUT2D eigenvalue weighted by Gasteiger charge is -2.26. The van der Waals surface area contributed by atoms with Gasteiger partial charge in [0, 0.05) is 18.0 Å². The van der Waals surface area contributed by atoms with Crippen LogP contribution in [0.1, 0.15) is 19.4 Å². The highest BCUT2D eigenvalue weighted by Gasteiger charge is 2.32. The highest BCUT2D eigenvalue weighted by atomic mass is 28.3. The fourth-order valence-electron chi connectivity index (χ4n) is 1.33. The van der Waals surface area contributed by atoms with E-state index < -0.39 is 13.7 Å². The SMILES string of the molecule is CC(C)C(O)(C#C[Si](C)(C)C)c1cncnc1. The van der Waals surface area contributed by atoms with Crippen molar-refractivity contribution < 1.29 is 5.11 Å². The number of aliphatic hydroxyl groups is 1. The zero-order valence-electron chi connectivity index (χ0n) is 11.2. The third-order valence-corrected chi connectivity index (χ3v) is 3.34. The Morgan fingerprint density at radius 2 is 1.76 bits per heavy atom. The van der Waals surface area contributed by atoms with Gasteiger partial charge in [0.25, 0.3) is 0 Å². The second-order valence-corrected chi connectivity index (χ2v) is 10.3. The summed E-state index contributed by atoms with van der Waals surface area (Å²) < 4.78 is 0. The Hall–Kier alpha value is -1.18. The average Bonchev–Trinajstić information content (AvgIpc) is 2.26. The molecule has 92 valence electrons. The first-order valence-electron chi connectivity index (χ1n) is 5.78. The number of hydrogen-bond acceptors (Lipinski definition) is 3. The van der Waals surface area contributed by atoms with E-state index in [0.29, 0.717) is 5.56 Å². The van der Waals surface area contributed by atoms with Gasteiger partial charge in [-0.05, 0) is 5.92 Å². The van der Waals surface area contributed by atoms with Gasteiger partial charge < -0.3 is 5.11 Å². The minimum atomic E-state index is -1.51. The molecule has 0 aromatic carbocycles. The molecule has 0 amide bonds. The second kappa shape index (κ2) is 4.99. The molecule has 0 radical (unpaired) electrons. The smallest absolute Gasteiger partial charge is 0.155 e. The van der Waals surface area contributed by atoms with Gasteiger partial charge in [0.05, 0.1) is 0 Å². The lowest BCUT2D eigenvalue weighted by atomic mass is 9.86. The normalized spacial score (nSPS) is 15.0. The van der Waals surface area contributed by atoms with Gasteiger partial charge >= 0.3 is 0 Å². The molecule has 0 fully saturated rings. The average molecular weight is 248 g/mol. The Kier molecular flexibility index (Phi) is 4.07. The van der Waals surface area contributed by atoms with Crippen molar-refractivity contribution in [3.8, 4) is 11.5 Å². The minimum absolute atomic E-state index is 0.00245. The number of nitrogens with zero attached hydrogens (tertiary/aromatic N) is 2. The number of rotatable bonds is 2. The molecule has 0 saturated carbocycles. The fourth-order valence-corrected chi connectivity index (χ4v) is 1.89. The molecule has 4 heteroatoms. The molecule has 0 aliphatic rings. The van der Waals surface area contributed by atoms with E-state index in [1.54, 1.807) is 12.4 Å². The van der Waals surface area contributed by atoms with Crippen molar-refractivity contribution in [2.45, 2.75) is 39.1 Å². The molecule has 0 aliphatic heterocycles. The first-order chi connectivity index (χ1) is 7.76. The highest BCUT2D eigenvalue weighted by molar-refractivity contribution is 6.83. The molecule has 1 heterocycles. The largest absolute Gasteiger partial charge is 0.373 e. The molecule has 1 unspecified atom stereocenters. The Labute approximate surface area is 104 Å². The van der Waals surface area contributed by atoms with Crippen LogP contribution >= 0.6 is 0 Å². The zero-order valence-corrected chi connectivity index (χ0v) is 12.2. The van der Waals surface area contributed by atoms with Crippen LogP contribution in [0.4, 0.5) is 0 Å². The van der Waals surface area contributed by atoms with Crippen LogP contribution in [0, 0.1) is 17.4 Å². The van der Waals surface area contributed by atoms with Crippen LogP contribution in [0.25, 0.3) is 0 Å². The Bertz CT molecular complexity index is 428. The maximum Gasteiger partial charge on any atom is 0.155 e. The van der Waals surface area contributed by atoms with E-state index in [1.165, 1.54) is 6.33 Å². The van der Waals surface area contributed by atoms with Gasteiger partial charge in [0.2, 0.25) is 0 Å². The van der Waals surface area contributed by atoms with E-state index >= 15 is 0 Å². The topological polar surface area (TPSA) is 46.0 Å². The summed E-state index contributed by atoms with van der Waals surface area (Å²) in [6.07, 6.45) is 4.72. The van der Waals surface area contributed by atoms with Crippen molar-refractivity contribution in [1.29, 1.82) is 0 Å². The van der Waals surface area contributed by atoms with Gasteiger partial charge in [-0.25, -0.2) is 9.97 Å². The van der Waals surface area contributed by atoms with E-state index in [0.717, 1.165) is 0 Å². The van der Waals surface area contributed by atoms with Crippen LogP contribution in [-0.2, 0) is 5.60 Å². The van der Waals surface area contributed by atoms with E-state index in [1.807, 2.05) is 13.8 Å². The molecule has 1 N–H and O–H groups in total. The molecule has 0 bridgehead atoms. The van der Waals surface area contributed by atoms with Crippen LogP contribution in [0.15, 0.2) is 18.7 Å². The molecule has 0 saturated heterocycles. The van der Waals surface area contributed by atoms with Gasteiger partial charge in [0.15, 0.2) is 5.60 Å². The van der Waals surface area contributed by atoms with Gasteiger partial charge in [-0.2, -0.15) is 0 Å². The Morgan fingerprint density at radius 3 is 2.18 bits per heavy atom. The first-order valence-corrected chi connectivity index (χ1v) is 9.28. The third kappa shape index (κ3) is 3.65. The monoisotopic (exact) mass is 248 g/mol. The van der Waals surface area contributed by atoms with Crippen molar-refractivity contribution >= 4 is 8.07 Å². The molecule has 1 rings (SSSR count). The standard InChI is InChI=1S/C13H20N2OSi/c1-11(2)13(16,6-7-17(3,4)5)12-8-14-10-15-9-12/h8-11,16H,1-5H3. The molecule has 17 heavy (non-hydrogen) atoms. The summed E-state index contributed by atoms with van der Waals surface area (Å²) in [6.45, 7) is 10.4. The quantitative estimate of drug-likeness (QED) is 0.644. The van der Waals surface area contributed by atoms with Gasteiger partial charge in [-0.1, -0.05) is 39.4 Å². The summed E-state index contributed by atoms with van der Waals surface area (Å²) in [6, 6.07) is 0. The van der Waals surface area contributed by atoms with Gasteiger partial charge in [0.1, 0.15) is 14.4 Å². The third-order valence-electron chi connectivity index (χ3n) is 2.46. The molecule has 0 spiro atoms. The predicted octanol–water partition coefficient (Wildman–Crippen LogP) is 2.20. The van der Waals surface area contributed by atoms with Crippen molar-refractivity contribution in [2.75, 3.05) is 0 Å². The number of hydrogen-bond donors (Lipinski definition) is 1. The van der Waals surface area contributed by atoms with Crippen molar-refractivity contribution in [3.63, 3.8) is 0 Å². The van der Waals surface area contributed by atoms with Crippen LogP contribution < -0.4 is 0 Å². The maximum atomic E-state index is 10.7. The lowest BCUT2D eigenvalue weighted by molar-refractivity contribution is 0.0497. The Balaban J connectivity index is 3.19. The summed E-state index contributed by atoms with van der Waals surface area (Å²) in [4.78, 5) is 7.90. The summed E-state index contributed by atoms with van der Waals surface area (Å²) in [5.74, 6) is 3.04. The maximum absolute atomic E-state index is 10.7. The predicted molar refractivity (Wildman–Crippen MR) is 71.9 cm³/mol. The fraction of sp³-hybridized carbons (Fsp3) is 0.538. The van der Waals surface area contributed by atoms with E-state index in [9.17, 15) is 5.11 Å². The number of aromatic nitrogens is 2. The summed E-state index contributed by atoms with van der Waals surface area (Å²) in [5, 5.41) is 10.7. The van der Waals surface area contributed by atoms with E-state index in [2.05, 4.69) is 41.1 Å². The molecule has 1 aromatic rings. The van der Waals surface area contributed by atoms with Crippen molar-refractivity contribution in [1.82, 2.24) is 9.97 Å². The molecular formula is C13H20N2OSi. The van der Waals surface area contributed by atoms with E-state index in [4.69, 9.17) is 0 Å². The van der Waals surface area contributed by atoms with Crippen LogP contribution in [0.2, 0.25) is 19.6 Å². The Morgan fingerprint density at radius 1 is 1.24 bits per heavy atom. The molecule has 3 nitrogen and oxygen atoms in total. The lowest BCUT2D eigenvalue weighted by Crippen LogP contribution is -2.32. The molecule has 1 atom stereocenters. The van der Waals surface area contributed by atoms with Crippen LogP contribution in [0.3, 0.4) is 0 Å². The molecule has 1 aromatic heterocycles. The summed E-state index contributed by atoms with van der Waals surface area (Å²) in [5.41, 5.74) is 2.74. The molecular weight excluding hydrogens is 228 g/mol. The van der Waals surface area contributed by atoms with Crippen molar-refractivity contribution in [3.05, 3.63) is 24.3 Å². The van der Waals surface area contributed by atoms with E-state index in [-0.39, 0.29) is 5.92 Å². The first kappa shape index (κ1) is 13.9. The molecule has 0 aliphatic carbocycles. The van der Waals surface area contributed by atoms with Crippen LogP contribution in [-0.4, -0.2) is 23.1 Å². The summed E-state index contributed by atoms with van der Waals surface area (Å²) >= 11 is 0. The summed E-state index contributed by atoms with van der Waals surface area (Å²) in [7, 11) is -1.51. The van der Waals surface area contributed by atoms with Crippen LogP contribution in [0.5, 0.6) is 0 Å². The minimum Gasteiger partial charge on any atom is -0.373 e. The van der Waals surface area contributed by atoms with Crippen molar-refractivity contribution in [2.24, 2.45) is 5.92 Å². The zero-order chi connectivity index (χ0) is 13.1. The van der Waals surface area contributed by atoms with Gasteiger partial charge in [-0.15, -0.1) is 5.54 Å². The highest BCUT2D eigenvalue weighted by Crippen LogP contribution is 2.27. The second-order valence-electron chi connectivity index (χ2n) is 5.55.